The highest BCUT2D eigenvalue weighted by Crippen LogP contribution is 2.33. The molecule has 0 aromatic heterocycles. The number of halogens is 2. The number of ether oxygens (including phenoxy) is 2. The minimum absolute atomic E-state index is 0.0574. The number of hydrogen-bond donors (Lipinski definition) is 0. The summed E-state index contributed by atoms with van der Waals surface area (Å²) in [6.45, 7) is 1.23. The van der Waals surface area contributed by atoms with E-state index in [9.17, 15) is 18.4 Å². The monoisotopic (exact) mass is 443 g/mol. The second-order valence-electron chi connectivity index (χ2n) is 6.63. The van der Waals surface area contributed by atoms with Gasteiger partial charge in [-0.3, -0.25) is 14.5 Å². The molecule has 0 radical (unpaired) electrons. The summed E-state index contributed by atoms with van der Waals surface area (Å²) >= 11 is 6.51. The summed E-state index contributed by atoms with van der Waals surface area (Å²) in [7, 11) is 0. The first kappa shape index (κ1) is 23.3. The molecule has 1 aliphatic rings. The number of alkyl halides is 2. The Morgan fingerprint density at radius 2 is 1.90 bits per heavy atom. The van der Waals surface area contributed by atoms with Gasteiger partial charge in [0, 0.05) is 13.0 Å². The Bertz CT molecular complexity index is 766. The number of nitrogens with zero attached hydrogens (tertiary/aromatic N) is 1. The van der Waals surface area contributed by atoms with Gasteiger partial charge >= 0.3 is 12.6 Å². The smallest absolute Gasteiger partial charge is 0.387 e. The van der Waals surface area contributed by atoms with Crippen LogP contribution >= 0.6 is 24.0 Å². The van der Waals surface area contributed by atoms with Crippen LogP contribution in [0.15, 0.2) is 29.2 Å². The van der Waals surface area contributed by atoms with Gasteiger partial charge in [-0.05, 0) is 50.5 Å². The van der Waals surface area contributed by atoms with Crippen molar-refractivity contribution in [2.24, 2.45) is 0 Å². The molecular weight excluding hydrogens is 420 g/mol. The number of carbonyl (C=O) groups is 2. The Balaban J connectivity index is 1.83. The van der Waals surface area contributed by atoms with Crippen molar-refractivity contribution in [1.29, 1.82) is 0 Å². The number of amides is 1. The molecule has 0 saturated carbocycles. The minimum atomic E-state index is -2.88. The molecule has 1 saturated heterocycles. The van der Waals surface area contributed by atoms with E-state index in [1.54, 1.807) is 23.1 Å². The highest BCUT2D eigenvalue weighted by atomic mass is 32.2. The number of thioether (sulfide) groups is 1. The number of hydrogen-bond acceptors (Lipinski definition) is 6. The van der Waals surface area contributed by atoms with Gasteiger partial charge in [0.15, 0.2) is 0 Å². The van der Waals surface area contributed by atoms with Crippen molar-refractivity contribution in [2.75, 3.05) is 6.54 Å². The predicted molar refractivity (Wildman–Crippen MR) is 113 cm³/mol. The van der Waals surface area contributed by atoms with Crippen LogP contribution in [0.25, 0.3) is 6.08 Å². The van der Waals surface area contributed by atoms with Crippen LogP contribution in [0.1, 0.15) is 45.1 Å². The summed E-state index contributed by atoms with van der Waals surface area (Å²) in [6, 6.07) is 6.03. The summed E-state index contributed by atoms with van der Waals surface area (Å²) in [6.07, 6.45) is 4.14. The summed E-state index contributed by atoms with van der Waals surface area (Å²) in [4.78, 5) is 26.1. The minimum Gasteiger partial charge on any atom is -0.463 e. The van der Waals surface area contributed by atoms with E-state index in [0.717, 1.165) is 12.8 Å². The van der Waals surface area contributed by atoms with E-state index in [1.807, 2.05) is 13.8 Å². The van der Waals surface area contributed by atoms with Crippen LogP contribution < -0.4 is 4.74 Å². The molecule has 2 rings (SSSR count). The van der Waals surface area contributed by atoms with E-state index in [0.29, 0.717) is 34.2 Å². The van der Waals surface area contributed by atoms with E-state index in [-0.39, 0.29) is 23.7 Å². The number of unbranched alkanes of at least 4 members (excludes halogenated alkanes) is 2. The van der Waals surface area contributed by atoms with Crippen LogP contribution in [0, 0.1) is 0 Å². The maximum absolute atomic E-state index is 12.6. The van der Waals surface area contributed by atoms with Crippen molar-refractivity contribution < 1.29 is 27.8 Å². The fourth-order valence-electron chi connectivity index (χ4n) is 2.63. The molecular formula is C20H23F2NO4S2. The standard InChI is InChI=1S/C20H23F2NO4S2/c1-13(2)26-17(24)6-4-3-5-11-23-18(25)16(29-20(23)28)12-14-7-9-15(10-8-14)27-19(21)22/h7-10,12-13,19H,3-6,11H2,1-2H3. The lowest BCUT2D eigenvalue weighted by molar-refractivity contribution is -0.147. The Labute approximate surface area is 178 Å². The van der Waals surface area contributed by atoms with Gasteiger partial charge in [-0.2, -0.15) is 8.78 Å². The third-order valence-corrected chi connectivity index (χ3v) is 5.28. The number of rotatable bonds is 10. The Hall–Kier alpha value is -2.00. The quantitative estimate of drug-likeness (QED) is 0.220. The topological polar surface area (TPSA) is 55.8 Å². The van der Waals surface area contributed by atoms with Crippen LogP contribution in [0.3, 0.4) is 0 Å². The molecule has 0 spiro atoms. The van der Waals surface area contributed by atoms with Crippen molar-refractivity contribution in [2.45, 2.75) is 52.2 Å². The van der Waals surface area contributed by atoms with Crippen molar-refractivity contribution >= 4 is 46.3 Å². The zero-order valence-electron chi connectivity index (χ0n) is 16.2. The third kappa shape index (κ3) is 7.74. The average molecular weight is 444 g/mol. The highest BCUT2D eigenvalue weighted by molar-refractivity contribution is 8.26. The van der Waals surface area contributed by atoms with E-state index in [1.165, 1.54) is 23.9 Å². The SMILES string of the molecule is CC(C)OC(=O)CCCCCN1C(=O)C(=Cc2ccc(OC(F)F)cc2)SC1=S. The molecule has 5 nitrogen and oxygen atoms in total. The molecule has 1 heterocycles. The average Bonchev–Trinajstić information content (AvgIpc) is 2.89. The molecule has 1 aliphatic heterocycles. The first-order valence-electron chi connectivity index (χ1n) is 9.26. The van der Waals surface area contributed by atoms with Crippen LogP contribution in [0.4, 0.5) is 8.78 Å². The number of thiocarbonyl (C=S) groups is 1. The van der Waals surface area contributed by atoms with E-state index in [4.69, 9.17) is 17.0 Å². The van der Waals surface area contributed by atoms with Crippen molar-refractivity contribution in [3.05, 3.63) is 34.7 Å². The lowest BCUT2D eigenvalue weighted by atomic mass is 10.2. The summed E-state index contributed by atoms with van der Waals surface area (Å²) in [5.41, 5.74) is 0.691. The normalized spacial score (nSPS) is 15.7. The van der Waals surface area contributed by atoms with Gasteiger partial charge in [0.2, 0.25) is 0 Å². The molecule has 1 amide bonds. The van der Waals surface area contributed by atoms with Crippen molar-refractivity contribution in [3.8, 4) is 5.75 Å². The Kier molecular flexibility index (Phi) is 9.03. The van der Waals surface area contributed by atoms with Gasteiger partial charge in [0.1, 0.15) is 10.1 Å². The lowest BCUT2D eigenvalue weighted by Gasteiger charge is -2.14. The molecule has 0 bridgehead atoms. The van der Waals surface area contributed by atoms with E-state index >= 15 is 0 Å². The van der Waals surface area contributed by atoms with Crippen LogP contribution in [0.5, 0.6) is 5.75 Å². The predicted octanol–water partition coefficient (Wildman–Crippen LogP) is 5.00. The number of carbonyl (C=O) groups excluding carboxylic acids is 2. The maximum Gasteiger partial charge on any atom is 0.387 e. The molecule has 0 N–H and O–H groups in total. The molecule has 0 aliphatic carbocycles. The maximum atomic E-state index is 12.6. The highest BCUT2D eigenvalue weighted by Gasteiger charge is 2.31. The van der Waals surface area contributed by atoms with Gasteiger partial charge in [0.25, 0.3) is 5.91 Å². The fraction of sp³-hybridized carbons (Fsp3) is 0.450. The first-order valence-corrected chi connectivity index (χ1v) is 10.5. The van der Waals surface area contributed by atoms with E-state index in [2.05, 4.69) is 4.74 Å². The van der Waals surface area contributed by atoms with Gasteiger partial charge in [0.05, 0.1) is 11.0 Å². The third-order valence-electron chi connectivity index (χ3n) is 3.91. The summed E-state index contributed by atoms with van der Waals surface area (Å²) in [5, 5.41) is 0. The molecule has 0 atom stereocenters. The molecule has 9 heteroatoms. The summed E-state index contributed by atoms with van der Waals surface area (Å²) in [5.74, 6) is -0.326. The van der Waals surface area contributed by atoms with Gasteiger partial charge in [-0.25, -0.2) is 0 Å². The zero-order chi connectivity index (χ0) is 21.4. The molecule has 1 aromatic rings. The van der Waals surface area contributed by atoms with E-state index < -0.39 is 6.61 Å². The molecule has 1 fully saturated rings. The summed E-state index contributed by atoms with van der Waals surface area (Å²) < 4.78 is 34.3. The van der Waals surface area contributed by atoms with Gasteiger partial charge < -0.3 is 9.47 Å². The van der Waals surface area contributed by atoms with Crippen LogP contribution in [0.2, 0.25) is 0 Å². The molecule has 0 unspecified atom stereocenters. The largest absolute Gasteiger partial charge is 0.463 e. The number of benzene rings is 1. The van der Waals surface area contributed by atoms with Crippen molar-refractivity contribution in [1.82, 2.24) is 4.90 Å². The Morgan fingerprint density at radius 3 is 2.52 bits per heavy atom. The van der Waals surface area contributed by atoms with Crippen LogP contribution in [-0.4, -0.2) is 40.4 Å². The van der Waals surface area contributed by atoms with Crippen molar-refractivity contribution in [3.63, 3.8) is 0 Å². The second kappa shape index (κ2) is 11.3. The van der Waals surface area contributed by atoms with Gasteiger partial charge in [-0.15, -0.1) is 0 Å². The zero-order valence-corrected chi connectivity index (χ0v) is 17.9. The lowest BCUT2D eigenvalue weighted by Crippen LogP contribution is -2.29. The number of esters is 1. The first-order chi connectivity index (χ1) is 13.8. The Morgan fingerprint density at radius 1 is 1.21 bits per heavy atom. The molecule has 29 heavy (non-hydrogen) atoms. The second-order valence-corrected chi connectivity index (χ2v) is 8.31. The molecule has 158 valence electrons. The fourth-order valence-corrected chi connectivity index (χ4v) is 3.94. The van der Waals surface area contributed by atoms with Gasteiger partial charge in [-0.1, -0.05) is 42.5 Å². The van der Waals surface area contributed by atoms with Crippen LogP contribution in [-0.2, 0) is 14.3 Å². The molecule has 1 aromatic carbocycles.